The van der Waals surface area contributed by atoms with Gasteiger partial charge in [-0.2, -0.15) is 0 Å². The number of ketones is 1. The SMILES string of the molecule is O=C(Cc1sccc1Br)c1ncccc1F. The second kappa shape index (κ2) is 4.84. The molecule has 2 rings (SSSR count). The van der Waals surface area contributed by atoms with Crippen LogP contribution >= 0.6 is 27.3 Å². The van der Waals surface area contributed by atoms with E-state index >= 15 is 0 Å². The van der Waals surface area contributed by atoms with Crippen molar-refractivity contribution in [2.45, 2.75) is 6.42 Å². The molecule has 82 valence electrons. The topological polar surface area (TPSA) is 30.0 Å². The smallest absolute Gasteiger partial charge is 0.189 e. The van der Waals surface area contributed by atoms with E-state index in [1.165, 1.54) is 29.7 Å². The first-order chi connectivity index (χ1) is 7.68. The quantitative estimate of drug-likeness (QED) is 0.812. The first-order valence-corrected chi connectivity index (χ1v) is 6.21. The van der Waals surface area contributed by atoms with E-state index in [4.69, 9.17) is 0 Å². The zero-order valence-electron chi connectivity index (χ0n) is 8.11. The molecule has 2 nitrogen and oxygen atoms in total. The Labute approximate surface area is 104 Å². The van der Waals surface area contributed by atoms with Crippen LogP contribution in [0.1, 0.15) is 15.4 Å². The molecule has 16 heavy (non-hydrogen) atoms. The molecule has 0 amide bonds. The average Bonchev–Trinajstić information content (AvgIpc) is 2.65. The van der Waals surface area contributed by atoms with Gasteiger partial charge < -0.3 is 0 Å². The van der Waals surface area contributed by atoms with E-state index in [1.54, 1.807) is 0 Å². The number of thiophene rings is 1. The van der Waals surface area contributed by atoms with Gasteiger partial charge in [0.15, 0.2) is 11.6 Å². The van der Waals surface area contributed by atoms with Crippen molar-refractivity contribution in [2.75, 3.05) is 0 Å². The van der Waals surface area contributed by atoms with E-state index in [1.807, 2.05) is 11.4 Å². The second-order valence-electron chi connectivity index (χ2n) is 3.13. The van der Waals surface area contributed by atoms with Crippen LogP contribution < -0.4 is 0 Å². The molecule has 2 heterocycles. The number of pyridine rings is 1. The molecule has 0 aliphatic rings. The van der Waals surface area contributed by atoms with Gasteiger partial charge in [-0.15, -0.1) is 11.3 Å². The number of nitrogens with zero attached hydrogens (tertiary/aromatic N) is 1. The number of rotatable bonds is 3. The molecule has 0 saturated heterocycles. The molecule has 5 heteroatoms. The number of hydrogen-bond donors (Lipinski definition) is 0. The molecule has 2 aromatic rings. The summed E-state index contributed by atoms with van der Waals surface area (Å²) in [6, 6.07) is 4.57. The van der Waals surface area contributed by atoms with Gasteiger partial charge in [0.1, 0.15) is 5.69 Å². The minimum Gasteiger partial charge on any atom is -0.292 e. The molecular weight excluding hydrogens is 293 g/mol. The van der Waals surface area contributed by atoms with Crippen LogP contribution in [0.25, 0.3) is 0 Å². The van der Waals surface area contributed by atoms with Crippen molar-refractivity contribution < 1.29 is 9.18 Å². The molecule has 0 atom stereocenters. The van der Waals surface area contributed by atoms with Crippen molar-refractivity contribution in [3.63, 3.8) is 0 Å². The summed E-state index contributed by atoms with van der Waals surface area (Å²) < 4.78 is 14.2. The van der Waals surface area contributed by atoms with Crippen molar-refractivity contribution in [2.24, 2.45) is 0 Å². The number of aromatic nitrogens is 1. The van der Waals surface area contributed by atoms with Gasteiger partial charge in [0.05, 0.1) is 0 Å². The fraction of sp³-hybridized carbons (Fsp3) is 0.0909. The van der Waals surface area contributed by atoms with E-state index < -0.39 is 5.82 Å². The van der Waals surface area contributed by atoms with E-state index in [0.717, 1.165) is 9.35 Å². The molecular formula is C11H7BrFNOS. The number of carbonyl (C=O) groups is 1. The Hall–Kier alpha value is -1.07. The molecule has 0 saturated carbocycles. The van der Waals surface area contributed by atoms with Crippen LogP contribution in [-0.4, -0.2) is 10.8 Å². The monoisotopic (exact) mass is 299 g/mol. The van der Waals surface area contributed by atoms with Gasteiger partial charge in [0, 0.05) is 22.0 Å². The van der Waals surface area contributed by atoms with Crippen LogP contribution in [0.5, 0.6) is 0 Å². The minimum atomic E-state index is -0.569. The molecule has 0 radical (unpaired) electrons. The summed E-state index contributed by atoms with van der Waals surface area (Å²) in [6.45, 7) is 0. The Morgan fingerprint density at radius 3 is 2.94 bits per heavy atom. The standard InChI is InChI=1S/C11H7BrFNOS/c12-7-3-5-16-10(7)6-9(15)11-8(13)2-1-4-14-11/h1-5H,6H2. The van der Waals surface area contributed by atoms with Crippen LogP contribution in [0.15, 0.2) is 34.2 Å². The highest BCUT2D eigenvalue weighted by Crippen LogP contribution is 2.24. The first-order valence-electron chi connectivity index (χ1n) is 4.54. The lowest BCUT2D eigenvalue weighted by molar-refractivity contribution is 0.0984. The number of Topliss-reactive ketones (excluding diaryl/α,β-unsaturated/α-hetero) is 1. The highest BCUT2D eigenvalue weighted by molar-refractivity contribution is 9.10. The van der Waals surface area contributed by atoms with E-state index in [9.17, 15) is 9.18 Å². The summed E-state index contributed by atoms with van der Waals surface area (Å²) in [5.74, 6) is -0.874. The maximum Gasteiger partial charge on any atom is 0.189 e. The lowest BCUT2D eigenvalue weighted by Crippen LogP contribution is -2.07. The second-order valence-corrected chi connectivity index (χ2v) is 4.98. The largest absolute Gasteiger partial charge is 0.292 e. The summed E-state index contributed by atoms with van der Waals surface area (Å²) in [5.41, 5.74) is -0.0946. The summed E-state index contributed by atoms with van der Waals surface area (Å²) in [5, 5.41) is 1.88. The predicted molar refractivity (Wildman–Crippen MR) is 64.2 cm³/mol. The Balaban J connectivity index is 2.22. The molecule has 2 aromatic heterocycles. The Bertz CT molecular complexity index is 526. The molecule has 0 aromatic carbocycles. The highest BCUT2D eigenvalue weighted by atomic mass is 79.9. The number of carbonyl (C=O) groups excluding carboxylic acids is 1. The van der Waals surface area contributed by atoms with Crippen LogP contribution in [-0.2, 0) is 6.42 Å². The zero-order chi connectivity index (χ0) is 11.5. The Morgan fingerprint density at radius 1 is 1.50 bits per heavy atom. The van der Waals surface area contributed by atoms with E-state index in [-0.39, 0.29) is 17.9 Å². The van der Waals surface area contributed by atoms with Gasteiger partial charge in [-0.3, -0.25) is 9.78 Å². The minimum absolute atomic E-state index is 0.0946. The normalized spacial score (nSPS) is 10.4. The fourth-order valence-corrected chi connectivity index (χ4v) is 2.76. The summed E-state index contributed by atoms with van der Waals surface area (Å²) >= 11 is 4.79. The summed E-state index contributed by atoms with van der Waals surface area (Å²) in [4.78, 5) is 16.4. The number of hydrogen-bond acceptors (Lipinski definition) is 3. The lowest BCUT2D eigenvalue weighted by atomic mass is 10.1. The predicted octanol–water partition coefficient (Wildman–Crippen LogP) is 3.47. The number of halogens is 2. The van der Waals surface area contributed by atoms with Crippen molar-refractivity contribution in [1.82, 2.24) is 4.98 Å². The average molecular weight is 300 g/mol. The van der Waals surface area contributed by atoms with Crippen molar-refractivity contribution in [3.05, 3.63) is 50.6 Å². The third-order valence-electron chi connectivity index (χ3n) is 2.03. The lowest BCUT2D eigenvalue weighted by Gasteiger charge is -2.00. The van der Waals surface area contributed by atoms with E-state index in [2.05, 4.69) is 20.9 Å². The first kappa shape index (κ1) is 11.4. The van der Waals surface area contributed by atoms with Crippen LogP contribution in [0.2, 0.25) is 0 Å². The van der Waals surface area contributed by atoms with Crippen LogP contribution in [0.3, 0.4) is 0 Å². The maximum absolute atomic E-state index is 13.3. The van der Waals surface area contributed by atoms with Gasteiger partial charge in [0.2, 0.25) is 0 Å². The third-order valence-corrected chi connectivity index (χ3v) is 3.96. The van der Waals surface area contributed by atoms with E-state index in [0.29, 0.717) is 0 Å². The molecule has 0 aliphatic heterocycles. The summed E-state index contributed by atoms with van der Waals surface area (Å²) in [6.07, 6.45) is 1.59. The molecule has 0 aliphatic carbocycles. The Morgan fingerprint density at radius 2 is 2.31 bits per heavy atom. The molecule has 0 bridgehead atoms. The molecule has 0 spiro atoms. The molecule has 0 fully saturated rings. The van der Waals surface area contributed by atoms with Crippen LogP contribution in [0.4, 0.5) is 4.39 Å². The zero-order valence-corrected chi connectivity index (χ0v) is 10.5. The van der Waals surface area contributed by atoms with Crippen molar-refractivity contribution in [3.8, 4) is 0 Å². The summed E-state index contributed by atoms with van der Waals surface area (Å²) in [7, 11) is 0. The molecule has 0 N–H and O–H groups in total. The van der Waals surface area contributed by atoms with Gasteiger partial charge in [0.25, 0.3) is 0 Å². The van der Waals surface area contributed by atoms with Crippen molar-refractivity contribution >= 4 is 33.0 Å². The maximum atomic E-state index is 13.3. The highest BCUT2D eigenvalue weighted by Gasteiger charge is 2.15. The van der Waals surface area contributed by atoms with Crippen molar-refractivity contribution in [1.29, 1.82) is 0 Å². The van der Waals surface area contributed by atoms with Gasteiger partial charge >= 0.3 is 0 Å². The fourth-order valence-electron chi connectivity index (χ4n) is 1.27. The van der Waals surface area contributed by atoms with Gasteiger partial charge in [-0.25, -0.2) is 4.39 Å². The Kier molecular flexibility index (Phi) is 3.46. The molecule has 0 unspecified atom stereocenters. The third kappa shape index (κ3) is 2.36. The van der Waals surface area contributed by atoms with Gasteiger partial charge in [-0.05, 0) is 39.5 Å². The van der Waals surface area contributed by atoms with Crippen LogP contribution in [0, 0.1) is 5.82 Å². The van der Waals surface area contributed by atoms with Gasteiger partial charge in [-0.1, -0.05) is 0 Å².